The molecule has 0 bridgehead atoms. The first-order chi connectivity index (χ1) is 8.18. The molecular weight excluding hydrogens is 220 g/mol. The molecule has 0 saturated heterocycles. The molecule has 0 aliphatic heterocycles. The second kappa shape index (κ2) is 4.48. The molecule has 0 aliphatic rings. The summed E-state index contributed by atoms with van der Waals surface area (Å²) < 4.78 is 0. The van der Waals surface area contributed by atoms with Crippen LogP contribution in [0.1, 0.15) is 10.5 Å². The van der Waals surface area contributed by atoms with E-state index >= 15 is 0 Å². The Balaban J connectivity index is 2.24. The van der Waals surface area contributed by atoms with Gasteiger partial charge in [0.25, 0.3) is 5.91 Å². The van der Waals surface area contributed by atoms with Crippen LogP contribution in [0.2, 0.25) is 0 Å². The van der Waals surface area contributed by atoms with E-state index in [1.165, 1.54) is 18.5 Å². The molecule has 2 rings (SSSR count). The molecule has 0 aliphatic carbocycles. The maximum absolute atomic E-state index is 11.8. The molecule has 4 N–H and O–H groups in total. The van der Waals surface area contributed by atoms with Gasteiger partial charge in [-0.2, -0.15) is 0 Å². The van der Waals surface area contributed by atoms with Crippen LogP contribution in [0.4, 0.5) is 11.5 Å². The molecule has 0 saturated carbocycles. The third-order valence-electron chi connectivity index (χ3n) is 2.07. The zero-order valence-corrected chi connectivity index (χ0v) is 8.79. The summed E-state index contributed by atoms with van der Waals surface area (Å²) in [6.07, 6.45) is 2.92. The number of nitrogens with two attached hydrogens (primary N) is 1. The quantitative estimate of drug-likeness (QED) is 0.714. The van der Waals surface area contributed by atoms with Gasteiger partial charge >= 0.3 is 0 Å². The van der Waals surface area contributed by atoms with Gasteiger partial charge in [0.15, 0.2) is 17.3 Å². The minimum Gasteiger partial charge on any atom is -0.504 e. The molecule has 0 aromatic carbocycles. The van der Waals surface area contributed by atoms with Crippen molar-refractivity contribution >= 4 is 17.4 Å². The van der Waals surface area contributed by atoms with Gasteiger partial charge < -0.3 is 16.2 Å². The van der Waals surface area contributed by atoms with E-state index in [9.17, 15) is 9.90 Å². The summed E-state index contributed by atoms with van der Waals surface area (Å²) in [5.41, 5.74) is 5.97. The van der Waals surface area contributed by atoms with Gasteiger partial charge in [-0.15, -0.1) is 0 Å². The number of aromatic nitrogens is 2. The number of hydrogen-bond donors (Lipinski definition) is 3. The zero-order chi connectivity index (χ0) is 12.3. The fourth-order valence-corrected chi connectivity index (χ4v) is 1.27. The standard InChI is InChI=1S/C11H10N4O2/c12-7-3-1-5-13-9(7)11(17)15-10-8(16)4-2-6-14-10/h1-6,16H,12H2,(H,14,15,17). The average Bonchev–Trinajstić information content (AvgIpc) is 2.32. The monoisotopic (exact) mass is 230 g/mol. The van der Waals surface area contributed by atoms with Gasteiger partial charge in [0, 0.05) is 12.4 Å². The molecule has 2 heterocycles. The maximum Gasteiger partial charge on any atom is 0.277 e. The van der Waals surface area contributed by atoms with Crippen molar-refractivity contribution in [1.82, 2.24) is 9.97 Å². The number of hydrogen-bond acceptors (Lipinski definition) is 5. The van der Waals surface area contributed by atoms with Crippen molar-refractivity contribution in [2.45, 2.75) is 0 Å². The second-order valence-electron chi connectivity index (χ2n) is 3.27. The number of pyridine rings is 2. The number of nitrogens with one attached hydrogen (secondary N) is 1. The Morgan fingerprint density at radius 2 is 1.94 bits per heavy atom. The van der Waals surface area contributed by atoms with Crippen LogP contribution in [0.15, 0.2) is 36.7 Å². The van der Waals surface area contributed by atoms with Crippen LogP contribution < -0.4 is 11.1 Å². The molecular formula is C11H10N4O2. The molecule has 6 heteroatoms. The van der Waals surface area contributed by atoms with Crippen LogP contribution in [0, 0.1) is 0 Å². The third kappa shape index (κ3) is 2.31. The molecule has 0 fully saturated rings. The van der Waals surface area contributed by atoms with Crippen LogP contribution >= 0.6 is 0 Å². The van der Waals surface area contributed by atoms with E-state index in [0.29, 0.717) is 0 Å². The average molecular weight is 230 g/mol. The molecule has 17 heavy (non-hydrogen) atoms. The fraction of sp³-hybridized carbons (Fsp3) is 0. The van der Waals surface area contributed by atoms with Gasteiger partial charge in [-0.05, 0) is 24.3 Å². The van der Waals surface area contributed by atoms with Gasteiger partial charge in [0.2, 0.25) is 0 Å². The first-order valence-corrected chi connectivity index (χ1v) is 4.84. The Hall–Kier alpha value is -2.63. The molecule has 6 nitrogen and oxygen atoms in total. The van der Waals surface area contributed by atoms with Crippen molar-refractivity contribution in [1.29, 1.82) is 0 Å². The normalized spacial score (nSPS) is 9.88. The van der Waals surface area contributed by atoms with E-state index in [-0.39, 0.29) is 22.9 Å². The number of amides is 1. The number of anilines is 2. The van der Waals surface area contributed by atoms with E-state index < -0.39 is 5.91 Å². The van der Waals surface area contributed by atoms with Gasteiger partial charge in [0.1, 0.15) is 0 Å². The predicted octanol–water partition coefficient (Wildman–Crippen LogP) is 1.02. The summed E-state index contributed by atoms with van der Waals surface area (Å²) in [6, 6.07) is 6.18. The highest BCUT2D eigenvalue weighted by Crippen LogP contribution is 2.19. The van der Waals surface area contributed by atoms with Crippen LogP contribution in [-0.4, -0.2) is 21.0 Å². The van der Waals surface area contributed by atoms with Gasteiger partial charge in [0.05, 0.1) is 5.69 Å². The summed E-state index contributed by atoms with van der Waals surface area (Å²) in [6.45, 7) is 0. The second-order valence-corrected chi connectivity index (χ2v) is 3.27. The van der Waals surface area contributed by atoms with Crippen LogP contribution in [0.25, 0.3) is 0 Å². The van der Waals surface area contributed by atoms with Gasteiger partial charge in [-0.3, -0.25) is 4.79 Å². The largest absolute Gasteiger partial charge is 0.504 e. The predicted molar refractivity (Wildman–Crippen MR) is 62.5 cm³/mol. The summed E-state index contributed by atoms with van der Waals surface area (Å²) >= 11 is 0. The van der Waals surface area contributed by atoms with Crippen molar-refractivity contribution < 1.29 is 9.90 Å². The van der Waals surface area contributed by atoms with Crippen molar-refractivity contribution in [3.05, 3.63) is 42.4 Å². The summed E-state index contributed by atoms with van der Waals surface area (Å²) in [4.78, 5) is 19.5. The Labute approximate surface area is 97.1 Å². The molecule has 0 atom stereocenters. The smallest absolute Gasteiger partial charge is 0.277 e. The summed E-state index contributed by atoms with van der Waals surface area (Å²) in [5, 5.41) is 11.9. The molecule has 86 valence electrons. The minimum atomic E-state index is -0.517. The highest BCUT2D eigenvalue weighted by atomic mass is 16.3. The number of rotatable bonds is 2. The van der Waals surface area contributed by atoms with E-state index in [0.717, 1.165) is 0 Å². The van der Waals surface area contributed by atoms with Crippen molar-refractivity contribution in [2.75, 3.05) is 11.1 Å². The topological polar surface area (TPSA) is 101 Å². The summed E-state index contributed by atoms with van der Waals surface area (Å²) in [7, 11) is 0. The number of carbonyl (C=O) groups excluding carboxylic acids is 1. The Morgan fingerprint density at radius 1 is 1.24 bits per heavy atom. The zero-order valence-electron chi connectivity index (χ0n) is 8.79. The summed E-state index contributed by atoms with van der Waals surface area (Å²) in [5.74, 6) is -0.560. The van der Waals surface area contributed by atoms with E-state index in [1.807, 2.05) is 0 Å². The first-order valence-electron chi connectivity index (χ1n) is 4.84. The SMILES string of the molecule is Nc1cccnc1C(=O)Nc1ncccc1O. The van der Waals surface area contributed by atoms with E-state index in [4.69, 9.17) is 5.73 Å². The van der Waals surface area contributed by atoms with Gasteiger partial charge in [-0.1, -0.05) is 0 Å². The lowest BCUT2D eigenvalue weighted by Crippen LogP contribution is -2.16. The van der Waals surface area contributed by atoms with Crippen molar-refractivity contribution in [2.24, 2.45) is 0 Å². The molecule has 2 aromatic heterocycles. The van der Waals surface area contributed by atoms with Crippen LogP contribution in [-0.2, 0) is 0 Å². The van der Waals surface area contributed by atoms with Crippen molar-refractivity contribution in [3.63, 3.8) is 0 Å². The van der Waals surface area contributed by atoms with E-state index in [1.54, 1.807) is 18.2 Å². The fourth-order valence-electron chi connectivity index (χ4n) is 1.27. The molecule has 0 spiro atoms. The Morgan fingerprint density at radius 3 is 2.65 bits per heavy atom. The highest BCUT2D eigenvalue weighted by molar-refractivity contribution is 6.06. The lowest BCUT2D eigenvalue weighted by Gasteiger charge is -2.06. The highest BCUT2D eigenvalue weighted by Gasteiger charge is 2.13. The van der Waals surface area contributed by atoms with Crippen LogP contribution in [0.5, 0.6) is 5.75 Å². The number of aromatic hydroxyl groups is 1. The van der Waals surface area contributed by atoms with Crippen LogP contribution in [0.3, 0.4) is 0 Å². The third-order valence-corrected chi connectivity index (χ3v) is 2.07. The molecule has 2 aromatic rings. The van der Waals surface area contributed by atoms with E-state index in [2.05, 4.69) is 15.3 Å². The first kappa shape index (κ1) is 10.9. The maximum atomic E-state index is 11.8. The number of nitrogens with zero attached hydrogens (tertiary/aromatic N) is 2. The molecule has 0 unspecified atom stereocenters. The Kier molecular flexibility index (Phi) is 2.87. The molecule has 1 amide bonds. The number of nitrogen functional groups attached to an aromatic ring is 1. The van der Waals surface area contributed by atoms with Crippen molar-refractivity contribution in [3.8, 4) is 5.75 Å². The Bertz CT molecular complexity index is 557. The lowest BCUT2D eigenvalue weighted by molar-refractivity contribution is 0.102. The molecule has 0 radical (unpaired) electrons. The number of carbonyl (C=O) groups is 1. The lowest BCUT2D eigenvalue weighted by atomic mass is 10.3. The van der Waals surface area contributed by atoms with Gasteiger partial charge in [-0.25, -0.2) is 9.97 Å². The minimum absolute atomic E-state index is 0.0718.